The van der Waals surface area contributed by atoms with Gasteiger partial charge in [0, 0.05) is 25.5 Å². The molecular weight excluding hydrogens is 218 g/mol. The topological polar surface area (TPSA) is 81.1 Å². The number of nitrogen functional groups attached to an aromatic ring is 1. The van der Waals surface area contributed by atoms with E-state index in [0.29, 0.717) is 17.5 Å². The van der Waals surface area contributed by atoms with Gasteiger partial charge < -0.3 is 15.2 Å². The quantitative estimate of drug-likeness (QED) is 0.839. The predicted molar refractivity (Wildman–Crippen MR) is 63.4 cm³/mol. The molecule has 3 heterocycles. The first kappa shape index (κ1) is 10.1. The average Bonchev–Trinajstić information content (AvgIpc) is 3.00. The summed E-state index contributed by atoms with van der Waals surface area (Å²) in [6.45, 7) is 1.99. The fraction of sp³-hybridized carbons (Fsp3) is 0.364. The summed E-state index contributed by atoms with van der Waals surface area (Å²) in [6.07, 6.45) is 5.62. The number of hydrogen-bond acceptors (Lipinski definition) is 6. The van der Waals surface area contributed by atoms with Gasteiger partial charge in [0.2, 0.25) is 0 Å². The lowest BCUT2D eigenvalue weighted by atomic mass is 10.3. The summed E-state index contributed by atoms with van der Waals surface area (Å²) in [7, 11) is 0. The molecule has 0 atom stereocenters. The van der Waals surface area contributed by atoms with Crippen molar-refractivity contribution in [2.75, 3.05) is 23.7 Å². The van der Waals surface area contributed by atoms with Gasteiger partial charge in [0.05, 0.1) is 11.3 Å². The van der Waals surface area contributed by atoms with Gasteiger partial charge in [-0.25, -0.2) is 0 Å². The first-order valence-corrected chi connectivity index (χ1v) is 5.62. The summed E-state index contributed by atoms with van der Waals surface area (Å²) < 4.78 is 5.22. The lowest BCUT2D eigenvalue weighted by Gasteiger charge is -2.09. The van der Waals surface area contributed by atoms with Crippen molar-refractivity contribution in [2.24, 2.45) is 0 Å². The van der Waals surface area contributed by atoms with Gasteiger partial charge in [-0.15, -0.1) is 0 Å². The Labute approximate surface area is 98.4 Å². The van der Waals surface area contributed by atoms with Crippen LogP contribution >= 0.6 is 0 Å². The Hall–Kier alpha value is -2.11. The van der Waals surface area contributed by atoms with Gasteiger partial charge in [-0.2, -0.15) is 4.98 Å². The Morgan fingerprint density at radius 1 is 1.24 bits per heavy atom. The largest absolute Gasteiger partial charge is 0.397 e. The third-order valence-corrected chi connectivity index (χ3v) is 2.81. The van der Waals surface area contributed by atoms with Crippen LogP contribution in [-0.2, 0) is 0 Å². The summed E-state index contributed by atoms with van der Waals surface area (Å²) in [6, 6.07) is 1.77. The van der Waals surface area contributed by atoms with E-state index in [1.54, 1.807) is 18.5 Å². The maximum Gasteiger partial charge on any atom is 0.266 e. The van der Waals surface area contributed by atoms with Crippen molar-refractivity contribution >= 4 is 11.6 Å². The molecule has 0 unspecified atom stereocenters. The number of aromatic nitrogens is 3. The van der Waals surface area contributed by atoms with E-state index < -0.39 is 0 Å². The molecule has 1 fully saturated rings. The summed E-state index contributed by atoms with van der Waals surface area (Å²) >= 11 is 0. The maximum atomic E-state index is 5.66. The van der Waals surface area contributed by atoms with Crippen LogP contribution in [0.2, 0.25) is 0 Å². The van der Waals surface area contributed by atoms with E-state index in [1.165, 1.54) is 12.8 Å². The highest BCUT2D eigenvalue weighted by molar-refractivity contribution is 5.58. The van der Waals surface area contributed by atoms with Crippen LogP contribution in [0.25, 0.3) is 11.5 Å². The van der Waals surface area contributed by atoms with Gasteiger partial charge in [-0.1, -0.05) is 0 Å². The lowest BCUT2D eigenvalue weighted by Crippen LogP contribution is -2.18. The highest BCUT2D eigenvalue weighted by Crippen LogP contribution is 2.22. The van der Waals surface area contributed by atoms with Crippen molar-refractivity contribution in [2.45, 2.75) is 12.8 Å². The second kappa shape index (κ2) is 4.04. The van der Waals surface area contributed by atoms with E-state index in [1.807, 2.05) is 0 Å². The fourth-order valence-corrected chi connectivity index (χ4v) is 1.95. The molecule has 0 aliphatic carbocycles. The summed E-state index contributed by atoms with van der Waals surface area (Å²) in [4.78, 5) is 10.5. The van der Waals surface area contributed by atoms with Crippen molar-refractivity contribution in [1.29, 1.82) is 0 Å². The first-order chi connectivity index (χ1) is 8.33. The van der Waals surface area contributed by atoms with Crippen LogP contribution < -0.4 is 10.6 Å². The third-order valence-electron chi connectivity index (χ3n) is 2.81. The molecule has 88 valence electrons. The van der Waals surface area contributed by atoms with E-state index in [4.69, 9.17) is 10.3 Å². The maximum absolute atomic E-state index is 5.66. The summed E-state index contributed by atoms with van der Waals surface area (Å²) in [5, 5.41) is 3.98. The molecule has 0 aromatic carbocycles. The molecule has 0 amide bonds. The summed E-state index contributed by atoms with van der Waals surface area (Å²) in [5.41, 5.74) is 7.00. The second-order valence-electron chi connectivity index (χ2n) is 4.10. The zero-order valence-corrected chi connectivity index (χ0v) is 9.33. The van der Waals surface area contributed by atoms with E-state index in [9.17, 15) is 0 Å². The van der Waals surface area contributed by atoms with Crippen LogP contribution in [0, 0.1) is 0 Å². The molecule has 0 spiro atoms. The zero-order valence-electron chi connectivity index (χ0n) is 9.33. The summed E-state index contributed by atoms with van der Waals surface area (Å²) in [5.74, 6) is 1.12. The molecule has 0 bridgehead atoms. The molecule has 2 N–H and O–H groups in total. The Kier molecular flexibility index (Phi) is 2.40. The fourth-order valence-electron chi connectivity index (χ4n) is 1.95. The molecule has 6 nitrogen and oxygen atoms in total. The van der Waals surface area contributed by atoms with Gasteiger partial charge >= 0.3 is 0 Å². The van der Waals surface area contributed by atoms with Gasteiger partial charge in [0.1, 0.15) is 0 Å². The lowest BCUT2D eigenvalue weighted by molar-refractivity contribution is 0.430. The number of hydrogen-bond donors (Lipinski definition) is 1. The molecule has 2 aromatic heterocycles. The third kappa shape index (κ3) is 1.93. The molecule has 6 heteroatoms. The van der Waals surface area contributed by atoms with Crippen molar-refractivity contribution in [1.82, 2.24) is 15.1 Å². The molecule has 0 saturated carbocycles. The van der Waals surface area contributed by atoms with E-state index in [0.717, 1.165) is 18.7 Å². The first-order valence-electron chi connectivity index (χ1n) is 5.62. The second-order valence-corrected chi connectivity index (χ2v) is 4.10. The van der Waals surface area contributed by atoms with Gasteiger partial charge in [0.25, 0.3) is 11.8 Å². The normalized spacial score (nSPS) is 15.4. The van der Waals surface area contributed by atoms with Gasteiger partial charge in [-0.3, -0.25) is 4.98 Å². The Morgan fingerprint density at radius 3 is 2.82 bits per heavy atom. The molecular formula is C11H13N5O. The van der Waals surface area contributed by atoms with Gasteiger partial charge in [-0.05, 0) is 24.1 Å². The van der Waals surface area contributed by atoms with Crippen LogP contribution in [-0.4, -0.2) is 28.2 Å². The molecule has 1 aliphatic heterocycles. The van der Waals surface area contributed by atoms with E-state index in [-0.39, 0.29) is 0 Å². The number of rotatable bonds is 2. The standard InChI is InChI=1S/C11H13N5O/c12-9-5-8(6-13-7-9)10-14-11(15-17-10)16-3-1-2-4-16/h5-7H,1-4,12H2. The van der Waals surface area contributed by atoms with Crippen molar-refractivity contribution in [3.8, 4) is 11.5 Å². The Balaban J connectivity index is 1.89. The monoisotopic (exact) mass is 231 g/mol. The van der Waals surface area contributed by atoms with Crippen LogP contribution in [0.4, 0.5) is 11.6 Å². The molecule has 17 heavy (non-hydrogen) atoms. The number of nitrogens with two attached hydrogens (primary N) is 1. The molecule has 3 rings (SSSR count). The van der Waals surface area contributed by atoms with Crippen LogP contribution in [0.15, 0.2) is 23.0 Å². The van der Waals surface area contributed by atoms with E-state index in [2.05, 4.69) is 20.0 Å². The van der Waals surface area contributed by atoms with Crippen molar-refractivity contribution < 1.29 is 4.52 Å². The zero-order chi connectivity index (χ0) is 11.7. The highest BCUT2D eigenvalue weighted by atomic mass is 16.5. The number of pyridine rings is 1. The SMILES string of the molecule is Nc1cncc(-c2nc(N3CCCC3)no2)c1. The Morgan fingerprint density at radius 2 is 2.06 bits per heavy atom. The van der Waals surface area contributed by atoms with Crippen LogP contribution in [0.3, 0.4) is 0 Å². The molecule has 2 aromatic rings. The molecule has 0 radical (unpaired) electrons. The Bertz CT molecular complexity index is 518. The van der Waals surface area contributed by atoms with E-state index >= 15 is 0 Å². The minimum atomic E-state index is 0.465. The number of anilines is 2. The van der Waals surface area contributed by atoms with Crippen molar-refractivity contribution in [3.05, 3.63) is 18.5 Å². The van der Waals surface area contributed by atoms with Gasteiger partial charge in [0.15, 0.2) is 0 Å². The molecule has 1 aliphatic rings. The molecule has 1 saturated heterocycles. The smallest absolute Gasteiger partial charge is 0.266 e. The minimum absolute atomic E-state index is 0.465. The highest BCUT2D eigenvalue weighted by Gasteiger charge is 2.18. The van der Waals surface area contributed by atoms with Crippen LogP contribution in [0.1, 0.15) is 12.8 Å². The predicted octanol–water partition coefficient (Wildman–Crippen LogP) is 1.31. The average molecular weight is 231 g/mol. The van der Waals surface area contributed by atoms with Crippen LogP contribution in [0.5, 0.6) is 0 Å². The number of nitrogens with zero attached hydrogens (tertiary/aromatic N) is 4. The van der Waals surface area contributed by atoms with Crippen molar-refractivity contribution in [3.63, 3.8) is 0 Å². The minimum Gasteiger partial charge on any atom is -0.397 e.